The zero-order chi connectivity index (χ0) is 13.9. The van der Waals surface area contributed by atoms with E-state index in [1.165, 1.54) is 36.1 Å². The van der Waals surface area contributed by atoms with Crippen LogP contribution in [0.25, 0.3) is 0 Å². The fraction of sp³-hybridized carbons (Fsp3) is 0.688. The zero-order valence-electron chi connectivity index (χ0n) is 12.3. The average molecular weight is 292 g/mol. The van der Waals surface area contributed by atoms with Gasteiger partial charge in [0.25, 0.3) is 5.91 Å². The molecule has 1 amide bonds. The molecule has 1 atom stereocenters. The molecule has 0 radical (unpaired) electrons. The molecule has 2 heterocycles. The Hall–Kier alpha value is -0.870. The van der Waals surface area contributed by atoms with Gasteiger partial charge >= 0.3 is 0 Å². The third-order valence-electron chi connectivity index (χ3n) is 4.53. The van der Waals surface area contributed by atoms with E-state index < -0.39 is 0 Å². The number of amides is 1. The second-order valence-electron chi connectivity index (χ2n) is 5.86. The summed E-state index contributed by atoms with van der Waals surface area (Å²) in [6, 6.07) is 2.56. The van der Waals surface area contributed by atoms with Gasteiger partial charge in [0.15, 0.2) is 0 Å². The molecule has 4 heteroatoms. The molecule has 1 aromatic heterocycles. The first-order valence-corrected chi connectivity index (χ1v) is 8.74. The van der Waals surface area contributed by atoms with Crippen molar-refractivity contribution in [2.24, 2.45) is 0 Å². The number of nitrogens with one attached hydrogen (secondary N) is 1. The van der Waals surface area contributed by atoms with Gasteiger partial charge in [-0.3, -0.25) is 4.79 Å². The van der Waals surface area contributed by atoms with Gasteiger partial charge in [0, 0.05) is 24.0 Å². The molecule has 1 unspecified atom stereocenters. The summed E-state index contributed by atoms with van der Waals surface area (Å²) in [7, 11) is 0. The highest BCUT2D eigenvalue weighted by Crippen LogP contribution is 2.30. The summed E-state index contributed by atoms with van der Waals surface area (Å²) < 4.78 is 0. The minimum Gasteiger partial charge on any atom is -0.334 e. The van der Waals surface area contributed by atoms with E-state index >= 15 is 0 Å². The predicted molar refractivity (Wildman–Crippen MR) is 83.6 cm³/mol. The lowest BCUT2D eigenvalue weighted by atomic mass is 10.1. The lowest BCUT2D eigenvalue weighted by Crippen LogP contribution is -2.41. The van der Waals surface area contributed by atoms with Crippen LogP contribution in [0.4, 0.5) is 0 Å². The number of hydrogen-bond donors (Lipinski definition) is 1. The van der Waals surface area contributed by atoms with E-state index in [0.29, 0.717) is 6.04 Å². The van der Waals surface area contributed by atoms with Crippen LogP contribution in [0.2, 0.25) is 0 Å². The smallest absolute Gasteiger partial charge is 0.264 e. The standard InChI is InChI=1S/C16H24N2OS/c1-2-18(13-8-9-17-11-13)16(19)15-10-12-6-4-3-5-7-14(12)20-15/h10,13,17H,2-9,11H2,1H3. The summed E-state index contributed by atoms with van der Waals surface area (Å²) in [6.07, 6.45) is 7.32. The van der Waals surface area contributed by atoms with E-state index in [9.17, 15) is 4.79 Å². The molecule has 1 aliphatic heterocycles. The van der Waals surface area contributed by atoms with Gasteiger partial charge in [0.1, 0.15) is 0 Å². The van der Waals surface area contributed by atoms with Crippen molar-refractivity contribution in [3.8, 4) is 0 Å². The van der Waals surface area contributed by atoms with Crippen molar-refractivity contribution < 1.29 is 4.79 Å². The molecule has 3 nitrogen and oxygen atoms in total. The van der Waals surface area contributed by atoms with Crippen LogP contribution in [-0.2, 0) is 12.8 Å². The molecule has 0 bridgehead atoms. The predicted octanol–water partition coefficient (Wildman–Crippen LogP) is 2.84. The van der Waals surface area contributed by atoms with Crippen LogP contribution in [0.1, 0.15) is 52.7 Å². The van der Waals surface area contributed by atoms with Crippen LogP contribution in [-0.4, -0.2) is 36.5 Å². The molecule has 0 spiro atoms. The second-order valence-corrected chi connectivity index (χ2v) is 6.99. The van der Waals surface area contributed by atoms with Crippen molar-refractivity contribution >= 4 is 17.2 Å². The van der Waals surface area contributed by atoms with E-state index in [1.807, 2.05) is 0 Å². The quantitative estimate of drug-likeness (QED) is 0.869. The van der Waals surface area contributed by atoms with E-state index in [1.54, 1.807) is 11.3 Å². The topological polar surface area (TPSA) is 32.3 Å². The molecule has 1 saturated heterocycles. The monoisotopic (exact) mass is 292 g/mol. The van der Waals surface area contributed by atoms with Crippen molar-refractivity contribution in [1.29, 1.82) is 0 Å². The number of hydrogen-bond acceptors (Lipinski definition) is 3. The van der Waals surface area contributed by atoms with Crippen LogP contribution in [0.3, 0.4) is 0 Å². The largest absolute Gasteiger partial charge is 0.334 e. The Morgan fingerprint density at radius 2 is 2.25 bits per heavy atom. The van der Waals surface area contributed by atoms with Crippen LogP contribution in [0.15, 0.2) is 6.07 Å². The maximum atomic E-state index is 12.8. The average Bonchev–Trinajstić information content (AvgIpc) is 3.06. The molecule has 1 fully saturated rings. The number of nitrogens with zero attached hydrogens (tertiary/aromatic N) is 1. The van der Waals surface area contributed by atoms with E-state index in [4.69, 9.17) is 0 Å². The van der Waals surface area contributed by atoms with Gasteiger partial charge in [-0.2, -0.15) is 0 Å². The lowest BCUT2D eigenvalue weighted by Gasteiger charge is -2.26. The molecule has 1 N–H and O–H groups in total. The van der Waals surface area contributed by atoms with Crippen molar-refractivity contribution in [2.45, 2.75) is 51.5 Å². The molecule has 20 heavy (non-hydrogen) atoms. The van der Waals surface area contributed by atoms with Crippen molar-refractivity contribution in [1.82, 2.24) is 10.2 Å². The molecule has 1 aromatic rings. The van der Waals surface area contributed by atoms with E-state index in [2.05, 4.69) is 23.2 Å². The van der Waals surface area contributed by atoms with Crippen molar-refractivity contribution in [2.75, 3.05) is 19.6 Å². The van der Waals surface area contributed by atoms with Gasteiger partial charge in [0.05, 0.1) is 4.88 Å². The summed E-state index contributed by atoms with van der Waals surface area (Å²) in [5, 5.41) is 3.36. The first kappa shape index (κ1) is 14.1. The van der Waals surface area contributed by atoms with Crippen LogP contribution < -0.4 is 5.32 Å². The number of aryl methyl sites for hydroxylation is 2. The molecule has 110 valence electrons. The summed E-state index contributed by atoms with van der Waals surface area (Å²) in [4.78, 5) is 17.3. The lowest BCUT2D eigenvalue weighted by molar-refractivity contribution is 0.0708. The Bertz CT molecular complexity index is 453. The van der Waals surface area contributed by atoms with Gasteiger partial charge in [0.2, 0.25) is 0 Å². The zero-order valence-corrected chi connectivity index (χ0v) is 13.1. The third-order valence-corrected chi connectivity index (χ3v) is 5.76. The molecule has 0 aromatic carbocycles. The van der Waals surface area contributed by atoms with Gasteiger partial charge < -0.3 is 10.2 Å². The van der Waals surface area contributed by atoms with E-state index in [-0.39, 0.29) is 5.91 Å². The van der Waals surface area contributed by atoms with Crippen LogP contribution >= 0.6 is 11.3 Å². The molecule has 3 rings (SSSR count). The Morgan fingerprint density at radius 3 is 3.00 bits per heavy atom. The Labute approximate surface area is 125 Å². The van der Waals surface area contributed by atoms with Gasteiger partial charge in [-0.15, -0.1) is 11.3 Å². The first-order chi connectivity index (χ1) is 9.79. The maximum Gasteiger partial charge on any atom is 0.264 e. The number of carbonyl (C=O) groups is 1. The third kappa shape index (κ3) is 2.77. The Kier molecular flexibility index (Phi) is 4.41. The number of fused-ring (bicyclic) bond motifs is 1. The highest BCUT2D eigenvalue weighted by molar-refractivity contribution is 7.14. The fourth-order valence-corrected chi connectivity index (χ4v) is 4.60. The number of thiophene rings is 1. The van der Waals surface area contributed by atoms with Crippen LogP contribution in [0, 0.1) is 0 Å². The second kappa shape index (κ2) is 6.27. The Morgan fingerprint density at radius 1 is 1.40 bits per heavy atom. The van der Waals surface area contributed by atoms with Gasteiger partial charge in [-0.1, -0.05) is 6.42 Å². The van der Waals surface area contributed by atoms with Crippen molar-refractivity contribution in [3.63, 3.8) is 0 Å². The van der Waals surface area contributed by atoms with Crippen LogP contribution in [0.5, 0.6) is 0 Å². The SMILES string of the molecule is CCN(C(=O)c1cc2c(s1)CCCCC2)C1CCNC1. The number of rotatable bonds is 3. The van der Waals surface area contributed by atoms with Gasteiger partial charge in [-0.25, -0.2) is 0 Å². The first-order valence-electron chi connectivity index (χ1n) is 7.93. The maximum absolute atomic E-state index is 12.8. The highest BCUT2D eigenvalue weighted by atomic mass is 32.1. The van der Waals surface area contributed by atoms with E-state index in [0.717, 1.165) is 37.4 Å². The molecule has 0 saturated carbocycles. The Balaban J connectivity index is 1.78. The molecular weight excluding hydrogens is 268 g/mol. The van der Waals surface area contributed by atoms with Crippen molar-refractivity contribution in [3.05, 3.63) is 21.4 Å². The number of likely N-dealkylation sites (N-methyl/N-ethyl adjacent to an activating group) is 1. The highest BCUT2D eigenvalue weighted by Gasteiger charge is 2.27. The molecular formula is C16H24N2OS. The normalized spacial score (nSPS) is 22.4. The summed E-state index contributed by atoms with van der Waals surface area (Å²) in [5.74, 6) is 0.249. The minimum atomic E-state index is 0.249. The fourth-order valence-electron chi connectivity index (χ4n) is 3.39. The molecule has 1 aliphatic carbocycles. The van der Waals surface area contributed by atoms with Gasteiger partial charge in [-0.05, 0) is 57.2 Å². The minimum absolute atomic E-state index is 0.249. The summed E-state index contributed by atoms with van der Waals surface area (Å²) in [6.45, 7) is 4.89. The molecule has 2 aliphatic rings. The summed E-state index contributed by atoms with van der Waals surface area (Å²) in [5.41, 5.74) is 1.44. The number of carbonyl (C=O) groups excluding carboxylic acids is 1. The summed E-state index contributed by atoms with van der Waals surface area (Å²) >= 11 is 1.75.